The van der Waals surface area contributed by atoms with E-state index in [1.165, 1.54) is 0 Å². The molecule has 0 amide bonds. The summed E-state index contributed by atoms with van der Waals surface area (Å²) in [7, 11) is 1.06. The van der Waals surface area contributed by atoms with Crippen LogP contribution in [0, 0.1) is 0 Å². The molecule has 0 N–H and O–H groups in total. The molecule has 0 radical (unpaired) electrons. The standard InChI is InChI=1S/C6H14O2Si/c1-6(2)5(9)7-3-4-8-6/h5H,3-4H2,1-2,9H3. The molecule has 0 spiro atoms. The Labute approximate surface area is 59.0 Å². The highest BCUT2D eigenvalue weighted by atomic mass is 28.1. The highest BCUT2D eigenvalue weighted by Gasteiger charge is 2.30. The summed E-state index contributed by atoms with van der Waals surface area (Å²) in [6.45, 7) is 5.71. The molecule has 1 rings (SSSR count). The highest BCUT2D eigenvalue weighted by Crippen LogP contribution is 2.18. The summed E-state index contributed by atoms with van der Waals surface area (Å²) in [5, 5.41) is 0. The van der Waals surface area contributed by atoms with E-state index in [0.717, 1.165) is 23.5 Å². The monoisotopic (exact) mass is 146 g/mol. The molecule has 9 heavy (non-hydrogen) atoms. The topological polar surface area (TPSA) is 18.5 Å². The Morgan fingerprint density at radius 3 is 2.44 bits per heavy atom. The van der Waals surface area contributed by atoms with Crippen LogP contribution in [0.15, 0.2) is 0 Å². The zero-order chi connectivity index (χ0) is 6.91. The number of rotatable bonds is 0. The molecule has 1 heterocycles. The van der Waals surface area contributed by atoms with Gasteiger partial charge in [0, 0.05) is 10.2 Å². The van der Waals surface area contributed by atoms with Gasteiger partial charge in [-0.25, -0.2) is 0 Å². The average Bonchev–Trinajstić information content (AvgIpc) is 1.77. The SMILES string of the molecule is CC1(C)OCCOC1[SiH3]. The third kappa shape index (κ3) is 1.53. The van der Waals surface area contributed by atoms with Crippen molar-refractivity contribution in [3.63, 3.8) is 0 Å². The second-order valence-corrected chi connectivity index (χ2v) is 4.01. The third-order valence-electron chi connectivity index (χ3n) is 1.90. The number of ether oxygens (including phenoxy) is 2. The van der Waals surface area contributed by atoms with E-state index < -0.39 is 0 Å². The van der Waals surface area contributed by atoms with Crippen LogP contribution in [0.4, 0.5) is 0 Å². The molecule has 54 valence electrons. The molecule has 2 nitrogen and oxygen atoms in total. The van der Waals surface area contributed by atoms with Crippen molar-refractivity contribution in [3.05, 3.63) is 0 Å². The van der Waals surface area contributed by atoms with E-state index in [2.05, 4.69) is 13.8 Å². The molecule has 0 aromatic heterocycles. The van der Waals surface area contributed by atoms with Crippen LogP contribution in [-0.4, -0.2) is 34.8 Å². The van der Waals surface area contributed by atoms with Crippen molar-refractivity contribution >= 4 is 10.2 Å². The maximum atomic E-state index is 5.49. The summed E-state index contributed by atoms with van der Waals surface area (Å²) in [4.78, 5) is 0. The summed E-state index contributed by atoms with van der Waals surface area (Å²) in [5.74, 6) is 0. The van der Waals surface area contributed by atoms with Crippen LogP contribution in [0.1, 0.15) is 13.8 Å². The Morgan fingerprint density at radius 2 is 2.11 bits per heavy atom. The maximum absolute atomic E-state index is 5.49. The molecule has 0 bridgehead atoms. The first kappa shape index (κ1) is 7.25. The van der Waals surface area contributed by atoms with Gasteiger partial charge < -0.3 is 9.47 Å². The fourth-order valence-corrected chi connectivity index (χ4v) is 1.25. The van der Waals surface area contributed by atoms with Crippen molar-refractivity contribution in [1.82, 2.24) is 0 Å². The van der Waals surface area contributed by atoms with Crippen LogP contribution in [-0.2, 0) is 9.47 Å². The quantitative estimate of drug-likeness (QED) is 0.429. The normalized spacial score (nSPS) is 34.7. The molecule has 1 aliphatic heterocycles. The highest BCUT2D eigenvalue weighted by molar-refractivity contribution is 6.11. The van der Waals surface area contributed by atoms with Crippen LogP contribution in [0.25, 0.3) is 0 Å². The van der Waals surface area contributed by atoms with E-state index in [1.807, 2.05) is 0 Å². The van der Waals surface area contributed by atoms with Crippen LogP contribution in [0.3, 0.4) is 0 Å². The van der Waals surface area contributed by atoms with Gasteiger partial charge in [0.15, 0.2) is 0 Å². The van der Waals surface area contributed by atoms with Gasteiger partial charge in [0.1, 0.15) is 0 Å². The predicted molar refractivity (Wildman–Crippen MR) is 39.7 cm³/mol. The third-order valence-corrected chi connectivity index (χ3v) is 3.63. The molecule has 1 fully saturated rings. The Kier molecular flexibility index (Phi) is 1.93. The van der Waals surface area contributed by atoms with Gasteiger partial charge in [-0.15, -0.1) is 0 Å². The van der Waals surface area contributed by atoms with Crippen LogP contribution in [0.5, 0.6) is 0 Å². The molecule has 1 atom stereocenters. The molecular formula is C6H14O2Si. The van der Waals surface area contributed by atoms with Crippen molar-refractivity contribution in [1.29, 1.82) is 0 Å². The summed E-state index contributed by atoms with van der Waals surface area (Å²) < 4.78 is 10.9. The second-order valence-electron chi connectivity index (χ2n) is 2.96. The molecule has 1 saturated heterocycles. The van der Waals surface area contributed by atoms with E-state index in [9.17, 15) is 0 Å². The first-order chi connectivity index (χ1) is 4.13. The average molecular weight is 146 g/mol. The molecule has 3 heteroatoms. The van der Waals surface area contributed by atoms with Gasteiger partial charge >= 0.3 is 0 Å². The van der Waals surface area contributed by atoms with Gasteiger partial charge in [-0.2, -0.15) is 0 Å². The molecule has 0 aromatic carbocycles. The van der Waals surface area contributed by atoms with E-state index in [0.29, 0.717) is 5.73 Å². The Bertz CT molecular complexity index is 103. The molecular weight excluding hydrogens is 132 g/mol. The molecule has 1 unspecified atom stereocenters. The van der Waals surface area contributed by atoms with E-state index in [4.69, 9.17) is 9.47 Å². The van der Waals surface area contributed by atoms with Gasteiger partial charge in [-0.05, 0) is 13.8 Å². The predicted octanol–water partition coefficient (Wildman–Crippen LogP) is -0.497. The van der Waals surface area contributed by atoms with Crippen molar-refractivity contribution in [3.8, 4) is 0 Å². The van der Waals surface area contributed by atoms with Crippen molar-refractivity contribution in [2.24, 2.45) is 0 Å². The van der Waals surface area contributed by atoms with Crippen molar-refractivity contribution in [2.75, 3.05) is 13.2 Å². The lowest BCUT2D eigenvalue weighted by Gasteiger charge is -2.36. The van der Waals surface area contributed by atoms with Crippen LogP contribution in [0.2, 0.25) is 0 Å². The summed E-state index contributed by atoms with van der Waals surface area (Å²) in [6, 6.07) is 0. The first-order valence-electron chi connectivity index (χ1n) is 3.38. The van der Waals surface area contributed by atoms with E-state index in [1.54, 1.807) is 0 Å². The Hall–Kier alpha value is 0.137. The lowest BCUT2D eigenvalue weighted by atomic mass is 10.1. The van der Waals surface area contributed by atoms with Crippen LogP contribution < -0.4 is 0 Å². The van der Waals surface area contributed by atoms with Gasteiger partial charge in [0.25, 0.3) is 0 Å². The summed E-state index contributed by atoms with van der Waals surface area (Å²) >= 11 is 0. The van der Waals surface area contributed by atoms with E-state index >= 15 is 0 Å². The smallest absolute Gasteiger partial charge is 0.0848 e. The fourth-order valence-electron chi connectivity index (χ4n) is 0.848. The zero-order valence-electron chi connectivity index (χ0n) is 6.31. The van der Waals surface area contributed by atoms with E-state index in [-0.39, 0.29) is 5.60 Å². The number of hydrogen-bond acceptors (Lipinski definition) is 2. The number of hydrogen-bond donors (Lipinski definition) is 0. The maximum Gasteiger partial charge on any atom is 0.0848 e. The van der Waals surface area contributed by atoms with Gasteiger partial charge in [-0.1, -0.05) is 0 Å². The fraction of sp³-hybridized carbons (Fsp3) is 1.00. The minimum atomic E-state index is -0.0233. The zero-order valence-corrected chi connectivity index (χ0v) is 8.31. The Morgan fingerprint density at radius 1 is 1.44 bits per heavy atom. The Balaban J connectivity index is 2.49. The largest absolute Gasteiger partial charge is 0.377 e. The van der Waals surface area contributed by atoms with Crippen molar-refractivity contribution in [2.45, 2.75) is 25.2 Å². The van der Waals surface area contributed by atoms with Gasteiger partial charge in [-0.3, -0.25) is 0 Å². The minimum Gasteiger partial charge on any atom is -0.377 e. The minimum absolute atomic E-state index is 0.0233. The molecule has 0 saturated carbocycles. The van der Waals surface area contributed by atoms with Gasteiger partial charge in [0.2, 0.25) is 0 Å². The summed E-state index contributed by atoms with van der Waals surface area (Å²) in [6.07, 6.45) is 0. The van der Waals surface area contributed by atoms with Crippen molar-refractivity contribution < 1.29 is 9.47 Å². The van der Waals surface area contributed by atoms with Gasteiger partial charge in [0.05, 0.1) is 24.5 Å². The molecule has 0 aromatic rings. The lowest BCUT2D eigenvalue weighted by Crippen LogP contribution is -2.46. The molecule has 1 aliphatic rings. The van der Waals surface area contributed by atoms with Crippen LogP contribution >= 0.6 is 0 Å². The molecule has 0 aliphatic carbocycles. The lowest BCUT2D eigenvalue weighted by molar-refractivity contribution is -0.156. The second kappa shape index (κ2) is 2.40. The first-order valence-corrected chi connectivity index (χ1v) is 4.54. The summed E-state index contributed by atoms with van der Waals surface area (Å²) in [5.41, 5.74) is 0.344.